The van der Waals surface area contributed by atoms with Crippen molar-refractivity contribution in [1.29, 1.82) is 0 Å². The number of rotatable bonds is 3. The van der Waals surface area contributed by atoms with Gasteiger partial charge in [0.05, 0.1) is 6.20 Å². The van der Waals surface area contributed by atoms with E-state index in [-0.39, 0.29) is 0 Å². The number of nitrogens with two attached hydrogens (primary N) is 1. The maximum absolute atomic E-state index is 6.02. The highest BCUT2D eigenvalue weighted by atomic mass is 15.3. The molecule has 4 nitrogen and oxygen atoms in total. The predicted octanol–water partition coefficient (Wildman–Crippen LogP) is 1.85. The Labute approximate surface area is 110 Å². The lowest BCUT2D eigenvalue weighted by atomic mass is 9.89. The third-order valence-corrected chi connectivity index (χ3v) is 4.41. The molecule has 4 heteroatoms. The first-order valence-corrected chi connectivity index (χ1v) is 7.11. The van der Waals surface area contributed by atoms with E-state index in [1.54, 1.807) is 0 Å². The summed E-state index contributed by atoms with van der Waals surface area (Å²) >= 11 is 0. The molecular formula is C14H26N4. The van der Waals surface area contributed by atoms with Crippen LogP contribution in [0.5, 0.6) is 0 Å². The van der Waals surface area contributed by atoms with Crippen molar-refractivity contribution in [2.45, 2.75) is 39.2 Å². The van der Waals surface area contributed by atoms with Crippen LogP contribution in [0.25, 0.3) is 0 Å². The van der Waals surface area contributed by atoms with Gasteiger partial charge in [-0.3, -0.25) is 9.58 Å². The van der Waals surface area contributed by atoms with Gasteiger partial charge in [0.15, 0.2) is 0 Å². The Morgan fingerprint density at radius 1 is 1.44 bits per heavy atom. The quantitative estimate of drug-likeness (QED) is 0.890. The van der Waals surface area contributed by atoms with Crippen LogP contribution in [0.2, 0.25) is 0 Å². The third-order valence-electron chi connectivity index (χ3n) is 4.41. The molecule has 2 atom stereocenters. The first-order chi connectivity index (χ1) is 8.69. The van der Waals surface area contributed by atoms with Crippen molar-refractivity contribution in [3.05, 3.63) is 17.5 Å². The summed E-state index contributed by atoms with van der Waals surface area (Å²) in [6.45, 7) is 7.46. The highest BCUT2D eigenvalue weighted by Gasteiger charge is 2.31. The van der Waals surface area contributed by atoms with Crippen LogP contribution in [-0.2, 0) is 7.05 Å². The first-order valence-electron chi connectivity index (χ1n) is 7.11. The fourth-order valence-electron chi connectivity index (χ4n) is 3.17. The second-order valence-corrected chi connectivity index (χ2v) is 5.37. The number of nitrogens with zero attached hydrogens (tertiary/aromatic N) is 3. The molecule has 0 radical (unpaired) electrons. The topological polar surface area (TPSA) is 47.1 Å². The van der Waals surface area contributed by atoms with Crippen LogP contribution in [0.3, 0.4) is 0 Å². The van der Waals surface area contributed by atoms with E-state index in [4.69, 9.17) is 5.73 Å². The average molecular weight is 250 g/mol. The summed E-state index contributed by atoms with van der Waals surface area (Å²) < 4.78 is 1.97. The molecule has 0 saturated carbocycles. The molecule has 0 bridgehead atoms. The summed E-state index contributed by atoms with van der Waals surface area (Å²) in [5, 5.41) is 4.41. The second kappa shape index (κ2) is 5.85. The summed E-state index contributed by atoms with van der Waals surface area (Å²) in [4.78, 5) is 2.58. The molecular weight excluding hydrogens is 224 g/mol. The Kier molecular flexibility index (Phi) is 4.40. The Balaban J connectivity index is 2.36. The van der Waals surface area contributed by atoms with Gasteiger partial charge >= 0.3 is 0 Å². The molecule has 2 heterocycles. The van der Waals surface area contributed by atoms with E-state index in [1.807, 2.05) is 17.9 Å². The van der Waals surface area contributed by atoms with Crippen LogP contribution in [0.4, 0.5) is 0 Å². The van der Waals surface area contributed by atoms with Crippen LogP contribution >= 0.6 is 0 Å². The molecule has 1 aromatic rings. The molecule has 2 rings (SSSR count). The van der Waals surface area contributed by atoms with Crippen LogP contribution in [0, 0.1) is 12.8 Å². The van der Waals surface area contributed by atoms with Crippen LogP contribution in [0.1, 0.15) is 43.5 Å². The molecule has 1 aliphatic rings. The second-order valence-electron chi connectivity index (χ2n) is 5.37. The third kappa shape index (κ3) is 2.45. The summed E-state index contributed by atoms with van der Waals surface area (Å²) in [6.07, 6.45) is 5.87. The molecule has 2 unspecified atom stereocenters. The zero-order valence-electron chi connectivity index (χ0n) is 11.9. The SMILES string of the molecule is CCN1CCCCC(CN)C1c1cnn(C)c1C. The number of aromatic nitrogens is 2. The van der Waals surface area contributed by atoms with Crippen molar-refractivity contribution >= 4 is 0 Å². The minimum atomic E-state index is 0.455. The monoisotopic (exact) mass is 250 g/mol. The Morgan fingerprint density at radius 3 is 2.78 bits per heavy atom. The molecule has 1 saturated heterocycles. The summed E-state index contributed by atoms with van der Waals surface area (Å²) in [6, 6.07) is 0.455. The number of hydrogen-bond acceptors (Lipinski definition) is 3. The van der Waals surface area contributed by atoms with Crippen molar-refractivity contribution < 1.29 is 0 Å². The van der Waals surface area contributed by atoms with Gasteiger partial charge in [-0.1, -0.05) is 13.3 Å². The molecule has 0 amide bonds. The van der Waals surface area contributed by atoms with E-state index in [0.717, 1.165) is 13.1 Å². The normalized spacial score (nSPS) is 26.2. The zero-order valence-corrected chi connectivity index (χ0v) is 11.9. The van der Waals surface area contributed by atoms with Gasteiger partial charge in [-0.15, -0.1) is 0 Å². The Morgan fingerprint density at radius 2 is 2.22 bits per heavy atom. The summed E-state index contributed by atoms with van der Waals surface area (Å²) in [7, 11) is 2.02. The van der Waals surface area contributed by atoms with E-state index in [9.17, 15) is 0 Å². The van der Waals surface area contributed by atoms with Gasteiger partial charge in [-0.25, -0.2) is 0 Å². The highest BCUT2D eigenvalue weighted by molar-refractivity contribution is 5.22. The van der Waals surface area contributed by atoms with E-state index in [1.165, 1.54) is 37.1 Å². The number of likely N-dealkylation sites (tertiary alicyclic amines) is 1. The molecule has 1 aromatic heterocycles. The van der Waals surface area contributed by atoms with Crippen LogP contribution in [-0.4, -0.2) is 34.3 Å². The van der Waals surface area contributed by atoms with Gasteiger partial charge in [0, 0.05) is 24.3 Å². The van der Waals surface area contributed by atoms with Gasteiger partial charge in [-0.2, -0.15) is 5.10 Å². The zero-order chi connectivity index (χ0) is 13.1. The van der Waals surface area contributed by atoms with E-state index < -0.39 is 0 Å². The van der Waals surface area contributed by atoms with Crippen molar-refractivity contribution in [3.63, 3.8) is 0 Å². The maximum atomic E-state index is 6.02. The Bertz CT molecular complexity index is 371. The van der Waals surface area contributed by atoms with Crippen molar-refractivity contribution in [2.24, 2.45) is 18.7 Å². The molecule has 2 N–H and O–H groups in total. The molecule has 102 valence electrons. The summed E-state index contributed by atoms with van der Waals surface area (Å²) in [5.41, 5.74) is 8.67. The van der Waals surface area contributed by atoms with Crippen LogP contribution in [0.15, 0.2) is 6.20 Å². The summed E-state index contributed by atoms with van der Waals surface area (Å²) in [5.74, 6) is 0.565. The van der Waals surface area contributed by atoms with Gasteiger partial charge in [0.25, 0.3) is 0 Å². The fourth-order valence-corrected chi connectivity index (χ4v) is 3.17. The van der Waals surface area contributed by atoms with Gasteiger partial charge in [0.1, 0.15) is 0 Å². The van der Waals surface area contributed by atoms with E-state index >= 15 is 0 Å². The molecule has 1 aliphatic heterocycles. The maximum Gasteiger partial charge on any atom is 0.0540 e. The molecule has 0 aromatic carbocycles. The number of hydrogen-bond donors (Lipinski definition) is 1. The van der Waals surface area contributed by atoms with E-state index in [2.05, 4.69) is 23.8 Å². The first kappa shape index (κ1) is 13.6. The fraction of sp³-hybridized carbons (Fsp3) is 0.786. The lowest BCUT2D eigenvalue weighted by Crippen LogP contribution is -2.35. The lowest BCUT2D eigenvalue weighted by molar-refractivity contribution is 0.166. The standard InChI is InChI=1S/C14H26N4/c1-4-18-8-6-5-7-12(9-15)14(18)13-10-16-17(3)11(13)2/h10,12,14H,4-9,15H2,1-3H3. The molecule has 0 aliphatic carbocycles. The van der Waals surface area contributed by atoms with Gasteiger partial charge in [-0.05, 0) is 45.3 Å². The average Bonchev–Trinajstić information content (AvgIpc) is 2.62. The minimum absolute atomic E-state index is 0.455. The Hall–Kier alpha value is -0.870. The van der Waals surface area contributed by atoms with Crippen molar-refractivity contribution in [1.82, 2.24) is 14.7 Å². The van der Waals surface area contributed by atoms with Crippen LogP contribution < -0.4 is 5.73 Å². The number of aryl methyl sites for hydroxylation is 1. The smallest absolute Gasteiger partial charge is 0.0540 e. The molecule has 0 spiro atoms. The van der Waals surface area contributed by atoms with Gasteiger partial charge < -0.3 is 5.73 Å². The largest absolute Gasteiger partial charge is 0.330 e. The lowest BCUT2D eigenvalue weighted by Gasteiger charge is -2.33. The minimum Gasteiger partial charge on any atom is -0.330 e. The highest BCUT2D eigenvalue weighted by Crippen LogP contribution is 2.35. The van der Waals surface area contributed by atoms with Gasteiger partial charge in [0.2, 0.25) is 0 Å². The van der Waals surface area contributed by atoms with Crippen molar-refractivity contribution in [3.8, 4) is 0 Å². The van der Waals surface area contributed by atoms with Crippen molar-refractivity contribution in [2.75, 3.05) is 19.6 Å². The molecule has 18 heavy (non-hydrogen) atoms. The predicted molar refractivity (Wildman–Crippen MR) is 74.3 cm³/mol. The van der Waals surface area contributed by atoms with E-state index in [0.29, 0.717) is 12.0 Å². The molecule has 1 fully saturated rings.